The average Bonchev–Trinajstić information content (AvgIpc) is 3.33. The van der Waals surface area contributed by atoms with Crippen LogP contribution in [0, 0.1) is 0 Å². The number of rotatable bonds is 13. The summed E-state index contributed by atoms with van der Waals surface area (Å²) in [5.41, 5.74) is 5.21. The SMILES string of the molecule is O=CCC(=O)NC(CCCCCC(=O)NOCc1ccccc1)c1nc2c(ccc3ccccc32)[nH]1. The summed E-state index contributed by atoms with van der Waals surface area (Å²) in [4.78, 5) is 48.4. The zero-order valence-electron chi connectivity index (χ0n) is 20.0. The minimum atomic E-state index is -0.355. The van der Waals surface area contributed by atoms with E-state index in [1.165, 1.54) is 0 Å². The van der Waals surface area contributed by atoms with Gasteiger partial charge >= 0.3 is 0 Å². The normalized spacial score (nSPS) is 11.9. The van der Waals surface area contributed by atoms with Gasteiger partial charge < -0.3 is 15.1 Å². The van der Waals surface area contributed by atoms with Crippen molar-refractivity contribution < 1.29 is 19.2 Å². The first-order valence-electron chi connectivity index (χ1n) is 12.2. The summed E-state index contributed by atoms with van der Waals surface area (Å²) in [6, 6.07) is 21.3. The molecule has 4 aromatic rings. The molecule has 8 heteroatoms. The molecule has 1 aromatic heterocycles. The van der Waals surface area contributed by atoms with Crippen LogP contribution in [0.5, 0.6) is 0 Å². The number of amides is 2. The molecule has 1 atom stereocenters. The van der Waals surface area contributed by atoms with Crippen LogP contribution in [0.25, 0.3) is 21.8 Å². The third-order valence-corrected chi connectivity index (χ3v) is 5.99. The van der Waals surface area contributed by atoms with Crippen molar-refractivity contribution in [3.8, 4) is 0 Å². The van der Waals surface area contributed by atoms with Gasteiger partial charge in [0.1, 0.15) is 12.1 Å². The van der Waals surface area contributed by atoms with Crippen LogP contribution in [0.15, 0.2) is 66.7 Å². The van der Waals surface area contributed by atoms with Gasteiger partial charge in [0.05, 0.1) is 30.1 Å². The number of carbonyl (C=O) groups is 3. The first kappa shape index (κ1) is 25.1. The van der Waals surface area contributed by atoms with Gasteiger partial charge in [-0.25, -0.2) is 10.5 Å². The lowest BCUT2D eigenvalue weighted by Gasteiger charge is -2.16. The summed E-state index contributed by atoms with van der Waals surface area (Å²) in [6.07, 6.45) is 3.67. The third kappa shape index (κ3) is 6.76. The van der Waals surface area contributed by atoms with E-state index in [2.05, 4.69) is 15.8 Å². The monoisotopic (exact) mass is 486 g/mol. The molecule has 0 aliphatic heterocycles. The van der Waals surface area contributed by atoms with Crippen LogP contribution in [0.3, 0.4) is 0 Å². The van der Waals surface area contributed by atoms with Crippen molar-refractivity contribution in [1.82, 2.24) is 20.8 Å². The smallest absolute Gasteiger partial charge is 0.243 e. The van der Waals surface area contributed by atoms with E-state index >= 15 is 0 Å². The van der Waals surface area contributed by atoms with E-state index in [9.17, 15) is 14.4 Å². The number of H-pyrrole nitrogens is 1. The molecule has 186 valence electrons. The largest absolute Gasteiger partial charge is 0.346 e. The molecule has 36 heavy (non-hydrogen) atoms. The Bertz CT molecular complexity index is 1320. The molecule has 1 heterocycles. The summed E-state index contributed by atoms with van der Waals surface area (Å²) in [5, 5.41) is 5.05. The summed E-state index contributed by atoms with van der Waals surface area (Å²) in [7, 11) is 0. The number of benzene rings is 3. The van der Waals surface area contributed by atoms with Crippen molar-refractivity contribution in [3.05, 3.63) is 78.1 Å². The van der Waals surface area contributed by atoms with Gasteiger partial charge in [0.15, 0.2) is 0 Å². The molecule has 3 N–H and O–H groups in total. The fourth-order valence-electron chi connectivity index (χ4n) is 4.17. The molecule has 0 saturated carbocycles. The summed E-state index contributed by atoms with van der Waals surface area (Å²) < 4.78 is 0. The molecule has 0 aliphatic rings. The average molecular weight is 487 g/mol. The number of hydrogen-bond donors (Lipinski definition) is 3. The number of hydrogen-bond acceptors (Lipinski definition) is 5. The van der Waals surface area contributed by atoms with E-state index in [1.807, 2.05) is 66.7 Å². The number of carbonyl (C=O) groups excluding carboxylic acids is 3. The van der Waals surface area contributed by atoms with Crippen molar-refractivity contribution in [2.24, 2.45) is 0 Å². The Morgan fingerprint density at radius 3 is 2.58 bits per heavy atom. The Kier molecular flexibility index (Phi) is 8.77. The number of aldehydes is 1. The molecule has 0 spiro atoms. The number of unbranched alkanes of at least 4 members (excludes halogenated alkanes) is 2. The molecular weight excluding hydrogens is 456 g/mol. The number of hydroxylamine groups is 1. The van der Waals surface area contributed by atoms with E-state index in [4.69, 9.17) is 9.82 Å². The van der Waals surface area contributed by atoms with Gasteiger partial charge in [0.2, 0.25) is 11.8 Å². The molecule has 1 unspecified atom stereocenters. The number of fused-ring (bicyclic) bond motifs is 3. The Hall–Kier alpha value is -4.04. The zero-order valence-corrected chi connectivity index (χ0v) is 20.0. The lowest BCUT2D eigenvalue weighted by atomic mass is 10.1. The number of aromatic amines is 1. The van der Waals surface area contributed by atoms with E-state index in [0.29, 0.717) is 38.0 Å². The second kappa shape index (κ2) is 12.6. The van der Waals surface area contributed by atoms with Gasteiger partial charge in [0, 0.05) is 11.8 Å². The Labute approximate surface area is 209 Å². The quantitative estimate of drug-likeness (QED) is 0.110. The third-order valence-electron chi connectivity index (χ3n) is 5.99. The van der Waals surface area contributed by atoms with Gasteiger partial charge in [-0.2, -0.15) is 0 Å². The highest BCUT2D eigenvalue weighted by Crippen LogP contribution is 2.27. The zero-order chi connectivity index (χ0) is 25.2. The molecule has 8 nitrogen and oxygen atoms in total. The number of imidazole rings is 1. The summed E-state index contributed by atoms with van der Waals surface area (Å²) in [6.45, 7) is 0.321. The van der Waals surface area contributed by atoms with Crippen LogP contribution in [0.2, 0.25) is 0 Å². The maximum atomic E-state index is 12.2. The minimum Gasteiger partial charge on any atom is -0.346 e. The molecule has 0 saturated heterocycles. The molecule has 0 radical (unpaired) electrons. The van der Waals surface area contributed by atoms with Crippen molar-refractivity contribution in [1.29, 1.82) is 0 Å². The summed E-state index contributed by atoms with van der Waals surface area (Å²) >= 11 is 0. The van der Waals surface area contributed by atoms with Crippen LogP contribution < -0.4 is 10.8 Å². The van der Waals surface area contributed by atoms with Gasteiger partial charge in [-0.3, -0.25) is 14.4 Å². The highest BCUT2D eigenvalue weighted by molar-refractivity contribution is 6.04. The minimum absolute atomic E-state index is 0.161. The standard InChI is InChI=1S/C28H30N4O4/c33-18-17-25(34)29-24(28-30-23-16-15-21-11-7-8-12-22(21)27(23)31-28)13-5-2-6-14-26(35)32-36-19-20-9-3-1-4-10-20/h1,3-4,7-12,15-16,18,24H,2,5-6,13-14,17,19H2,(H,29,34)(H,30,31)(H,32,35). The van der Waals surface area contributed by atoms with Crippen molar-refractivity contribution >= 4 is 39.9 Å². The van der Waals surface area contributed by atoms with Gasteiger partial charge in [-0.15, -0.1) is 0 Å². The number of aromatic nitrogens is 2. The fourth-order valence-corrected chi connectivity index (χ4v) is 4.17. The van der Waals surface area contributed by atoms with Gasteiger partial charge in [-0.1, -0.05) is 73.5 Å². The molecule has 0 fully saturated rings. The topological polar surface area (TPSA) is 113 Å². The Balaban J connectivity index is 1.30. The molecule has 0 bridgehead atoms. The van der Waals surface area contributed by atoms with Crippen LogP contribution in [-0.2, 0) is 25.8 Å². The van der Waals surface area contributed by atoms with Gasteiger partial charge in [0.25, 0.3) is 0 Å². The summed E-state index contributed by atoms with van der Waals surface area (Å²) in [5.74, 6) is 0.161. The lowest BCUT2D eigenvalue weighted by Crippen LogP contribution is -2.29. The molecule has 0 aliphatic carbocycles. The Morgan fingerprint density at radius 1 is 0.944 bits per heavy atom. The predicted molar refractivity (Wildman–Crippen MR) is 138 cm³/mol. The molecular formula is C28H30N4O4. The van der Waals surface area contributed by atoms with Gasteiger partial charge in [-0.05, 0) is 29.9 Å². The first-order valence-corrected chi connectivity index (χ1v) is 12.2. The highest BCUT2D eigenvalue weighted by atomic mass is 16.6. The van der Waals surface area contributed by atoms with Crippen LogP contribution >= 0.6 is 0 Å². The molecule has 2 amide bonds. The van der Waals surface area contributed by atoms with Crippen molar-refractivity contribution in [3.63, 3.8) is 0 Å². The maximum Gasteiger partial charge on any atom is 0.243 e. The first-order chi connectivity index (χ1) is 17.6. The Morgan fingerprint density at radius 2 is 1.75 bits per heavy atom. The number of nitrogens with zero attached hydrogens (tertiary/aromatic N) is 1. The van der Waals surface area contributed by atoms with E-state index < -0.39 is 0 Å². The maximum absolute atomic E-state index is 12.2. The van der Waals surface area contributed by atoms with Crippen LogP contribution in [0.1, 0.15) is 56.0 Å². The second-order valence-electron chi connectivity index (χ2n) is 8.69. The lowest BCUT2D eigenvalue weighted by molar-refractivity contribution is -0.134. The predicted octanol–water partition coefficient (Wildman–Crippen LogP) is 4.66. The van der Waals surface area contributed by atoms with Crippen molar-refractivity contribution in [2.45, 2.75) is 51.2 Å². The molecule has 3 aromatic carbocycles. The van der Waals surface area contributed by atoms with E-state index in [-0.39, 0.29) is 24.3 Å². The second-order valence-corrected chi connectivity index (χ2v) is 8.69. The highest BCUT2D eigenvalue weighted by Gasteiger charge is 2.19. The number of nitrogens with one attached hydrogen (secondary N) is 3. The van der Waals surface area contributed by atoms with Crippen molar-refractivity contribution in [2.75, 3.05) is 0 Å². The van der Waals surface area contributed by atoms with E-state index in [0.717, 1.165) is 40.2 Å². The van der Waals surface area contributed by atoms with Crippen LogP contribution in [0.4, 0.5) is 0 Å². The van der Waals surface area contributed by atoms with E-state index in [1.54, 1.807) is 0 Å². The fraction of sp³-hybridized carbons (Fsp3) is 0.286. The molecule has 4 rings (SSSR count). The van der Waals surface area contributed by atoms with Crippen LogP contribution in [-0.4, -0.2) is 28.1 Å².